The minimum absolute atomic E-state index is 0.0162. The first-order valence-electron chi connectivity index (χ1n) is 8.42. The number of alkyl halides is 3. The largest absolute Gasteiger partial charge is 0.483 e. The van der Waals surface area contributed by atoms with Gasteiger partial charge in [0.15, 0.2) is 6.61 Å². The van der Waals surface area contributed by atoms with Gasteiger partial charge in [-0.25, -0.2) is 0 Å². The summed E-state index contributed by atoms with van der Waals surface area (Å²) in [6, 6.07) is 11.8. The maximum Gasteiger partial charge on any atom is 0.422 e. The van der Waals surface area contributed by atoms with Crippen molar-refractivity contribution in [2.45, 2.75) is 38.1 Å². The average molecular weight is 382 g/mol. The van der Waals surface area contributed by atoms with Gasteiger partial charge in [-0.3, -0.25) is 9.78 Å². The Bertz CT molecular complexity index is 721. The number of pyridine rings is 1. The number of aromatic nitrogens is 1. The SMILES string of the molecule is CC(NC(=O)[C@H](O)CCc1ccccc1)c1ccc(OCC(F)(F)F)cn1. The maximum atomic E-state index is 12.1. The molecule has 1 unspecified atom stereocenters. The molecule has 27 heavy (non-hydrogen) atoms. The summed E-state index contributed by atoms with van der Waals surface area (Å²) in [5.74, 6) is -0.546. The van der Waals surface area contributed by atoms with Gasteiger partial charge in [0, 0.05) is 0 Å². The first-order chi connectivity index (χ1) is 12.7. The molecule has 0 saturated heterocycles. The number of ether oxygens (including phenoxy) is 1. The molecule has 1 aromatic carbocycles. The smallest absolute Gasteiger partial charge is 0.422 e. The van der Waals surface area contributed by atoms with E-state index in [1.165, 1.54) is 12.1 Å². The van der Waals surface area contributed by atoms with E-state index in [0.29, 0.717) is 12.1 Å². The molecule has 2 N–H and O–H groups in total. The van der Waals surface area contributed by atoms with E-state index in [-0.39, 0.29) is 12.2 Å². The van der Waals surface area contributed by atoms with Gasteiger partial charge in [0.05, 0.1) is 17.9 Å². The number of aryl methyl sites for hydroxylation is 1. The summed E-state index contributed by atoms with van der Waals surface area (Å²) in [5.41, 5.74) is 1.46. The van der Waals surface area contributed by atoms with Crippen molar-refractivity contribution in [1.29, 1.82) is 0 Å². The van der Waals surface area contributed by atoms with Crippen LogP contribution in [0.1, 0.15) is 30.6 Å². The first kappa shape index (κ1) is 20.7. The third kappa shape index (κ3) is 7.26. The molecule has 0 saturated carbocycles. The Morgan fingerprint density at radius 3 is 2.52 bits per heavy atom. The number of amides is 1. The van der Waals surface area contributed by atoms with Crippen molar-refractivity contribution in [2.24, 2.45) is 0 Å². The molecule has 0 aliphatic rings. The maximum absolute atomic E-state index is 12.1. The summed E-state index contributed by atoms with van der Waals surface area (Å²) in [5, 5.41) is 12.6. The standard InChI is InChI=1S/C19H21F3N2O3/c1-13(16-9-8-15(11-23-16)27-12-19(20,21)22)24-18(26)17(25)10-7-14-5-3-2-4-6-14/h2-6,8-9,11,13,17,25H,7,10,12H2,1H3,(H,24,26)/t13?,17-/m1/s1. The fourth-order valence-corrected chi connectivity index (χ4v) is 2.36. The summed E-state index contributed by atoms with van der Waals surface area (Å²) >= 11 is 0. The number of carbonyl (C=O) groups excluding carboxylic acids is 1. The van der Waals surface area contributed by atoms with Crippen molar-refractivity contribution in [2.75, 3.05) is 6.61 Å². The molecule has 2 atom stereocenters. The number of benzene rings is 1. The second kappa shape index (κ2) is 9.36. The lowest BCUT2D eigenvalue weighted by atomic mass is 10.1. The third-order valence-electron chi connectivity index (χ3n) is 3.82. The van der Waals surface area contributed by atoms with Crippen LogP contribution in [0.2, 0.25) is 0 Å². The number of nitrogens with one attached hydrogen (secondary N) is 1. The van der Waals surface area contributed by atoms with Gasteiger partial charge < -0.3 is 15.2 Å². The Kier molecular flexibility index (Phi) is 7.18. The van der Waals surface area contributed by atoms with Crippen molar-refractivity contribution < 1.29 is 27.8 Å². The average Bonchev–Trinajstić information content (AvgIpc) is 2.65. The van der Waals surface area contributed by atoms with Crippen LogP contribution in [0.3, 0.4) is 0 Å². The Morgan fingerprint density at radius 1 is 1.22 bits per heavy atom. The van der Waals surface area contributed by atoms with Gasteiger partial charge >= 0.3 is 6.18 Å². The molecule has 1 aromatic heterocycles. The molecule has 5 nitrogen and oxygen atoms in total. The van der Waals surface area contributed by atoms with Crippen molar-refractivity contribution in [3.63, 3.8) is 0 Å². The van der Waals surface area contributed by atoms with Crippen molar-refractivity contribution in [3.05, 3.63) is 59.9 Å². The highest BCUT2D eigenvalue weighted by Gasteiger charge is 2.28. The monoisotopic (exact) mass is 382 g/mol. The summed E-state index contributed by atoms with van der Waals surface area (Å²) in [6.45, 7) is 0.272. The van der Waals surface area contributed by atoms with Gasteiger partial charge in [0.1, 0.15) is 11.9 Å². The number of hydrogen-bond acceptors (Lipinski definition) is 4. The summed E-state index contributed by atoms with van der Waals surface area (Å²) in [7, 11) is 0. The lowest BCUT2D eigenvalue weighted by Crippen LogP contribution is -2.36. The molecule has 0 fully saturated rings. The molecule has 0 radical (unpaired) electrons. The Labute approximate surface area is 155 Å². The van der Waals surface area contributed by atoms with E-state index < -0.39 is 30.8 Å². The number of carbonyl (C=O) groups is 1. The molecule has 1 amide bonds. The quantitative estimate of drug-likeness (QED) is 0.736. The van der Waals surface area contributed by atoms with Gasteiger partial charge in [-0.1, -0.05) is 30.3 Å². The van der Waals surface area contributed by atoms with E-state index in [2.05, 4.69) is 15.0 Å². The van der Waals surface area contributed by atoms with Gasteiger partial charge in [0.2, 0.25) is 5.91 Å². The molecular formula is C19H21F3N2O3. The van der Waals surface area contributed by atoms with E-state index >= 15 is 0 Å². The molecule has 8 heteroatoms. The van der Waals surface area contributed by atoms with Gasteiger partial charge in [-0.05, 0) is 37.5 Å². The lowest BCUT2D eigenvalue weighted by molar-refractivity contribution is -0.153. The van der Waals surface area contributed by atoms with Crippen LogP contribution >= 0.6 is 0 Å². The van der Waals surface area contributed by atoms with E-state index in [1.54, 1.807) is 6.92 Å². The fourth-order valence-electron chi connectivity index (χ4n) is 2.36. The fraction of sp³-hybridized carbons (Fsp3) is 0.368. The summed E-state index contributed by atoms with van der Waals surface area (Å²) < 4.78 is 41.0. The molecule has 0 aliphatic carbocycles. The third-order valence-corrected chi connectivity index (χ3v) is 3.82. The Balaban J connectivity index is 1.82. The van der Waals surface area contributed by atoms with Gasteiger partial charge in [0.25, 0.3) is 0 Å². The van der Waals surface area contributed by atoms with E-state index in [1.807, 2.05) is 30.3 Å². The van der Waals surface area contributed by atoms with Gasteiger partial charge in [-0.2, -0.15) is 13.2 Å². The molecule has 2 rings (SSSR count). The van der Waals surface area contributed by atoms with Crippen LogP contribution in [-0.2, 0) is 11.2 Å². The van der Waals surface area contributed by atoms with E-state index in [0.717, 1.165) is 11.8 Å². The Morgan fingerprint density at radius 2 is 1.93 bits per heavy atom. The molecule has 1 heterocycles. The first-order valence-corrected chi connectivity index (χ1v) is 8.42. The predicted octanol–water partition coefficient (Wildman–Crippen LogP) is 3.19. The van der Waals surface area contributed by atoms with E-state index in [9.17, 15) is 23.1 Å². The van der Waals surface area contributed by atoms with Crippen molar-refractivity contribution in [1.82, 2.24) is 10.3 Å². The number of nitrogens with zero attached hydrogens (tertiary/aromatic N) is 1. The van der Waals surface area contributed by atoms with Crippen molar-refractivity contribution >= 4 is 5.91 Å². The number of hydrogen-bond donors (Lipinski definition) is 2. The van der Waals surface area contributed by atoms with E-state index in [4.69, 9.17) is 0 Å². The van der Waals surface area contributed by atoms with Crippen molar-refractivity contribution in [3.8, 4) is 5.75 Å². The van der Waals surface area contributed by atoms with Crippen LogP contribution in [0.4, 0.5) is 13.2 Å². The zero-order valence-corrected chi connectivity index (χ0v) is 14.7. The number of aliphatic hydroxyl groups excluding tert-OH is 1. The zero-order chi connectivity index (χ0) is 19.9. The molecule has 2 aromatic rings. The van der Waals surface area contributed by atoms with Gasteiger partial charge in [-0.15, -0.1) is 0 Å². The number of halogens is 3. The highest BCUT2D eigenvalue weighted by molar-refractivity contribution is 5.80. The molecule has 0 bridgehead atoms. The van der Waals surface area contributed by atoms with Crippen LogP contribution in [0.5, 0.6) is 5.75 Å². The van der Waals surface area contributed by atoms with Crippen LogP contribution in [0.15, 0.2) is 48.7 Å². The molecular weight excluding hydrogens is 361 g/mol. The highest BCUT2D eigenvalue weighted by Crippen LogP contribution is 2.19. The summed E-state index contributed by atoms with van der Waals surface area (Å²) in [6.07, 6.45) is -3.58. The number of rotatable bonds is 8. The molecule has 0 aliphatic heterocycles. The summed E-state index contributed by atoms with van der Waals surface area (Å²) in [4.78, 5) is 16.1. The second-order valence-corrected chi connectivity index (χ2v) is 6.09. The minimum atomic E-state index is -4.42. The van der Waals surface area contributed by atoms with Crippen LogP contribution in [0.25, 0.3) is 0 Å². The molecule has 146 valence electrons. The molecule has 0 spiro atoms. The number of aliphatic hydroxyl groups is 1. The second-order valence-electron chi connectivity index (χ2n) is 6.09. The minimum Gasteiger partial charge on any atom is -0.483 e. The lowest BCUT2D eigenvalue weighted by Gasteiger charge is -2.17. The van der Waals surface area contributed by atoms with Crippen LogP contribution in [0, 0.1) is 0 Å². The predicted molar refractivity (Wildman–Crippen MR) is 93.1 cm³/mol. The topological polar surface area (TPSA) is 71.5 Å². The highest BCUT2D eigenvalue weighted by atomic mass is 19.4. The normalized spacial score (nSPS) is 13.7. The van der Waals surface area contributed by atoms with Crippen LogP contribution in [-0.4, -0.2) is 34.9 Å². The zero-order valence-electron chi connectivity index (χ0n) is 14.7. The van der Waals surface area contributed by atoms with Crippen LogP contribution < -0.4 is 10.1 Å². The Hall–Kier alpha value is -2.61.